The summed E-state index contributed by atoms with van der Waals surface area (Å²) in [5.74, 6) is 0.246. The molecule has 0 aliphatic rings. The van der Waals surface area contributed by atoms with Gasteiger partial charge in [-0.15, -0.1) is 0 Å². The molecule has 0 bridgehead atoms. The standard InChI is InChI=1S/C13H27N5O2S/c1-10(2)9-18(7-6-17(4)5)21(19,20)13-11(3)15-16-12(13)8-14/h10H,6-9,14H2,1-5H3,(H,15,16). The van der Waals surface area contributed by atoms with E-state index in [4.69, 9.17) is 5.73 Å². The fourth-order valence-electron chi connectivity index (χ4n) is 2.11. The molecule has 3 N–H and O–H groups in total. The van der Waals surface area contributed by atoms with Gasteiger partial charge in [0, 0.05) is 26.2 Å². The average Bonchev–Trinajstić information content (AvgIpc) is 2.75. The van der Waals surface area contributed by atoms with E-state index < -0.39 is 10.0 Å². The van der Waals surface area contributed by atoms with Crippen molar-refractivity contribution in [2.24, 2.45) is 11.7 Å². The maximum absolute atomic E-state index is 12.9. The van der Waals surface area contributed by atoms with E-state index in [1.54, 1.807) is 6.92 Å². The number of nitrogens with zero attached hydrogens (tertiary/aromatic N) is 3. The molecule has 1 aromatic rings. The molecule has 7 nitrogen and oxygen atoms in total. The molecule has 0 aliphatic carbocycles. The number of sulfonamides is 1. The molecule has 0 saturated heterocycles. The predicted octanol–water partition coefficient (Wildman–Crippen LogP) is 0.385. The molecule has 8 heteroatoms. The fourth-order valence-corrected chi connectivity index (χ4v) is 4.04. The largest absolute Gasteiger partial charge is 0.325 e. The quantitative estimate of drug-likeness (QED) is 0.723. The number of aromatic amines is 1. The second kappa shape index (κ2) is 7.35. The summed E-state index contributed by atoms with van der Waals surface area (Å²) in [5, 5.41) is 6.71. The maximum Gasteiger partial charge on any atom is 0.246 e. The van der Waals surface area contributed by atoms with Crippen LogP contribution < -0.4 is 5.73 Å². The molecular weight excluding hydrogens is 290 g/mol. The van der Waals surface area contributed by atoms with Crippen LogP contribution in [-0.2, 0) is 16.6 Å². The second-order valence-corrected chi connectivity index (χ2v) is 7.76. The van der Waals surface area contributed by atoms with Crippen LogP contribution in [0.3, 0.4) is 0 Å². The first-order valence-electron chi connectivity index (χ1n) is 7.09. The van der Waals surface area contributed by atoms with Gasteiger partial charge in [0.1, 0.15) is 4.90 Å². The first-order chi connectivity index (χ1) is 9.70. The molecule has 0 fully saturated rings. The molecule has 0 aliphatic heterocycles. The molecule has 1 heterocycles. The minimum atomic E-state index is -3.59. The zero-order valence-corrected chi connectivity index (χ0v) is 14.4. The summed E-state index contributed by atoms with van der Waals surface area (Å²) in [6.07, 6.45) is 0. The molecule has 0 aromatic carbocycles. The van der Waals surface area contributed by atoms with Crippen molar-refractivity contribution in [1.29, 1.82) is 0 Å². The summed E-state index contributed by atoms with van der Waals surface area (Å²) >= 11 is 0. The van der Waals surface area contributed by atoms with E-state index in [1.165, 1.54) is 4.31 Å². The van der Waals surface area contributed by atoms with Gasteiger partial charge in [-0.1, -0.05) is 13.8 Å². The van der Waals surface area contributed by atoms with Gasteiger partial charge < -0.3 is 10.6 Å². The minimum Gasteiger partial charge on any atom is -0.325 e. The number of rotatable bonds is 8. The Morgan fingerprint density at radius 3 is 2.38 bits per heavy atom. The van der Waals surface area contributed by atoms with Gasteiger partial charge in [-0.2, -0.15) is 9.40 Å². The van der Waals surface area contributed by atoms with Gasteiger partial charge in [-0.05, 0) is 26.9 Å². The van der Waals surface area contributed by atoms with Crippen LogP contribution in [-0.4, -0.2) is 61.5 Å². The maximum atomic E-state index is 12.9. The van der Waals surface area contributed by atoms with E-state index in [-0.39, 0.29) is 17.4 Å². The highest BCUT2D eigenvalue weighted by Gasteiger charge is 2.30. The van der Waals surface area contributed by atoms with Gasteiger partial charge in [0.25, 0.3) is 0 Å². The average molecular weight is 317 g/mol. The normalized spacial score (nSPS) is 12.8. The van der Waals surface area contributed by atoms with Gasteiger partial charge in [0.2, 0.25) is 10.0 Å². The van der Waals surface area contributed by atoms with Crippen molar-refractivity contribution in [2.75, 3.05) is 33.7 Å². The van der Waals surface area contributed by atoms with E-state index in [2.05, 4.69) is 10.2 Å². The van der Waals surface area contributed by atoms with Crippen molar-refractivity contribution < 1.29 is 8.42 Å². The third-order valence-electron chi connectivity index (χ3n) is 3.12. The van der Waals surface area contributed by atoms with Crippen LogP contribution in [0.5, 0.6) is 0 Å². The Balaban J connectivity index is 3.16. The lowest BCUT2D eigenvalue weighted by Gasteiger charge is -2.25. The summed E-state index contributed by atoms with van der Waals surface area (Å²) in [5.41, 5.74) is 6.54. The molecule has 0 radical (unpaired) electrons. The monoisotopic (exact) mass is 317 g/mol. The third-order valence-corrected chi connectivity index (χ3v) is 5.19. The summed E-state index contributed by atoms with van der Waals surface area (Å²) in [6.45, 7) is 7.41. The highest BCUT2D eigenvalue weighted by atomic mass is 32.2. The molecule has 122 valence electrons. The molecule has 21 heavy (non-hydrogen) atoms. The van der Waals surface area contributed by atoms with Crippen LogP contribution >= 0.6 is 0 Å². The molecule has 0 unspecified atom stereocenters. The van der Waals surface area contributed by atoms with Crippen molar-refractivity contribution in [1.82, 2.24) is 19.4 Å². The van der Waals surface area contributed by atoms with Gasteiger partial charge >= 0.3 is 0 Å². The Bertz CT molecular complexity index is 551. The van der Waals surface area contributed by atoms with E-state index in [1.807, 2.05) is 32.8 Å². The van der Waals surface area contributed by atoms with Gasteiger partial charge in [0.15, 0.2) is 0 Å². The van der Waals surface area contributed by atoms with E-state index in [0.717, 1.165) is 0 Å². The van der Waals surface area contributed by atoms with E-state index in [0.29, 0.717) is 31.0 Å². The van der Waals surface area contributed by atoms with E-state index >= 15 is 0 Å². The molecule has 0 spiro atoms. The van der Waals surface area contributed by atoms with Crippen LogP contribution in [0.15, 0.2) is 4.90 Å². The van der Waals surface area contributed by atoms with Crippen molar-refractivity contribution >= 4 is 10.0 Å². The first-order valence-corrected chi connectivity index (χ1v) is 8.53. The lowest BCUT2D eigenvalue weighted by atomic mass is 10.2. The fraction of sp³-hybridized carbons (Fsp3) is 0.769. The lowest BCUT2D eigenvalue weighted by molar-refractivity contribution is 0.312. The van der Waals surface area contributed by atoms with Gasteiger partial charge in [0.05, 0.1) is 11.4 Å². The Labute approximate surface area is 127 Å². The molecule has 1 aromatic heterocycles. The number of hydrogen-bond acceptors (Lipinski definition) is 5. The van der Waals surface area contributed by atoms with Crippen molar-refractivity contribution in [3.63, 3.8) is 0 Å². The number of aromatic nitrogens is 2. The number of nitrogens with one attached hydrogen (secondary N) is 1. The van der Waals surface area contributed by atoms with Crippen LogP contribution in [0, 0.1) is 12.8 Å². The van der Waals surface area contributed by atoms with Gasteiger partial charge in [-0.25, -0.2) is 8.42 Å². The molecular formula is C13H27N5O2S. The zero-order chi connectivity index (χ0) is 16.2. The topological polar surface area (TPSA) is 95.3 Å². The third kappa shape index (κ3) is 4.50. The minimum absolute atomic E-state index is 0.0993. The number of nitrogens with two attached hydrogens (primary N) is 1. The highest BCUT2D eigenvalue weighted by molar-refractivity contribution is 7.89. The highest BCUT2D eigenvalue weighted by Crippen LogP contribution is 2.22. The second-order valence-electron chi connectivity index (χ2n) is 5.89. The Hall–Kier alpha value is -0.960. The van der Waals surface area contributed by atoms with Crippen LogP contribution in [0.25, 0.3) is 0 Å². The van der Waals surface area contributed by atoms with Crippen LogP contribution in [0.4, 0.5) is 0 Å². The summed E-state index contributed by atoms with van der Waals surface area (Å²) < 4.78 is 27.4. The zero-order valence-electron chi connectivity index (χ0n) is 13.5. The van der Waals surface area contributed by atoms with Crippen LogP contribution in [0.1, 0.15) is 25.2 Å². The van der Waals surface area contributed by atoms with Crippen molar-refractivity contribution in [3.05, 3.63) is 11.4 Å². The van der Waals surface area contributed by atoms with E-state index in [9.17, 15) is 8.42 Å². The number of aryl methyl sites for hydroxylation is 1. The number of hydrogen-bond donors (Lipinski definition) is 2. The van der Waals surface area contributed by atoms with Gasteiger partial charge in [-0.3, -0.25) is 5.10 Å². The molecule has 0 atom stereocenters. The van der Waals surface area contributed by atoms with Crippen molar-refractivity contribution in [2.45, 2.75) is 32.2 Å². The van der Waals surface area contributed by atoms with Crippen molar-refractivity contribution in [3.8, 4) is 0 Å². The SMILES string of the molecule is Cc1[nH]nc(CN)c1S(=O)(=O)N(CCN(C)C)CC(C)C. The van der Waals surface area contributed by atoms with Crippen LogP contribution in [0.2, 0.25) is 0 Å². The molecule has 0 saturated carbocycles. The lowest BCUT2D eigenvalue weighted by Crippen LogP contribution is -2.39. The Morgan fingerprint density at radius 2 is 1.90 bits per heavy atom. The summed E-state index contributed by atoms with van der Waals surface area (Å²) in [6, 6.07) is 0. The molecule has 0 amide bonds. The Kier molecular flexibility index (Phi) is 6.33. The molecule has 1 rings (SSSR count). The first kappa shape index (κ1) is 18.1. The predicted molar refractivity (Wildman–Crippen MR) is 83.4 cm³/mol. The summed E-state index contributed by atoms with van der Waals surface area (Å²) in [7, 11) is 0.261. The summed E-state index contributed by atoms with van der Waals surface area (Å²) in [4.78, 5) is 2.19. The number of H-pyrrole nitrogens is 1. The number of likely N-dealkylation sites (N-methyl/N-ethyl adjacent to an activating group) is 1. The smallest absolute Gasteiger partial charge is 0.246 e. The Morgan fingerprint density at radius 1 is 1.29 bits per heavy atom.